The Bertz CT molecular complexity index is 572. The number of carbonyl (C=O) groups is 1. The fourth-order valence-electron chi connectivity index (χ4n) is 1.52. The Morgan fingerprint density at radius 2 is 2.22 bits per heavy atom. The van der Waals surface area contributed by atoms with Crippen LogP contribution in [0.4, 0.5) is 0 Å². The highest BCUT2D eigenvalue weighted by Crippen LogP contribution is 2.08. The Labute approximate surface area is 111 Å². The summed E-state index contributed by atoms with van der Waals surface area (Å²) in [5.74, 6) is 0.557. The van der Waals surface area contributed by atoms with Gasteiger partial charge in [-0.25, -0.2) is 9.97 Å². The zero-order valence-electron chi connectivity index (χ0n) is 9.92. The predicted octanol–water partition coefficient (Wildman–Crippen LogP) is 2.00. The first-order valence-corrected chi connectivity index (χ1v) is 5.95. The van der Waals surface area contributed by atoms with Crippen LogP contribution in [0.1, 0.15) is 21.9 Å². The number of amides is 1. The van der Waals surface area contributed by atoms with Gasteiger partial charge in [0.1, 0.15) is 5.82 Å². The summed E-state index contributed by atoms with van der Waals surface area (Å²) in [6.07, 6.45) is 1.68. The minimum Gasteiger partial charge on any atom is -0.346 e. The molecule has 2 rings (SSSR count). The number of nitrogens with one attached hydrogen (secondary N) is 1. The molecule has 0 unspecified atom stereocenters. The summed E-state index contributed by atoms with van der Waals surface area (Å²) in [5, 5.41) is 2.81. The smallest absolute Gasteiger partial charge is 0.251 e. The second-order valence-electron chi connectivity index (χ2n) is 3.83. The number of hydrogen-bond acceptors (Lipinski definition) is 4. The molecule has 0 saturated heterocycles. The number of nitrogens with zero attached hydrogens (tertiary/aromatic N) is 2. The van der Waals surface area contributed by atoms with Gasteiger partial charge in [0, 0.05) is 16.7 Å². The summed E-state index contributed by atoms with van der Waals surface area (Å²) in [6.45, 7) is 2.20. The van der Waals surface area contributed by atoms with Crippen molar-refractivity contribution in [1.82, 2.24) is 15.3 Å². The lowest BCUT2D eigenvalue weighted by molar-refractivity contribution is 0.0950. The van der Waals surface area contributed by atoms with Gasteiger partial charge in [-0.3, -0.25) is 4.79 Å². The Hall–Kier alpha value is -1.88. The number of benzene rings is 1. The number of hydrogen-bond donors (Lipinski definition) is 2. The van der Waals surface area contributed by atoms with Crippen LogP contribution in [0.15, 0.2) is 41.4 Å². The molecule has 0 bridgehead atoms. The molecular formula is C13H13N3OS. The van der Waals surface area contributed by atoms with Crippen LogP contribution >= 0.6 is 12.6 Å². The third-order valence-electron chi connectivity index (χ3n) is 2.37. The van der Waals surface area contributed by atoms with Crippen molar-refractivity contribution in [2.45, 2.75) is 18.4 Å². The zero-order chi connectivity index (χ0) is 13.0. The van der Waals surface area contributed by atoms with E-state index < -0.39 is 0 Å². The third-order valence-corrected chi connectivity index (χ3v) is 2.65. The summed E-state index contributed by atoms with van der Waals surface area (Å²) in [5.41, 5.74) is 1.38. The maximum absolute atomic E-state index is 11.9. The van der Waals surface area contributed by atoms with Crippen molar-refractivity contribution in [3.05, 3.63) is 53.6 Å². The molecule has 92 valence electrons. The molecule has 0 aliphatic rings. The fourth-order valence-corrected chi connectivity index (χ4v) is 1.75. The maximum Gasteiger partial charge on any atom is 0.251 e. The zero-order valence-corrected chi connectivity index (χ0v) is 10.8. The number of aromatic nitrogens is 2. The van der Waals surface area contributed by atoms with E-state index in [0.717, 1.165) is 10.6 Å². The van der Waals surface area contributed by atoms with Crippen molar-refractivity contribution in [1.29, 1.82) is 0 Å². The molecule has 1 heterocycles. The van der Waals surface area contributed by atoms with Crippen molar-refractivity contribution in [3.63, 3.8) is 0 Å². The molecule has 5 heteroatoms. The number of thiol groups is 1. The fraction of sp³-hybridized carbons (Fsp3) is 0.154. The van der Waals surface area contributed by atoms with Crippen LogP contribution in [-0.4, -0.2) is 15.9 Å². The van der Waals surface area contributed by atoms with Crippen LogP contribution in [0.2, 0.25) is 0 Å². The lowest BCUT2D eigenvalue weighted by Crippen LogP contribution is -2.23. The van der Waals surface area contributed by atoms with Gasteiger partial charge in [0.2, 0.25) is 0 Å². The van der Waals surface area contributed by atoms with Gasteiger partial charge in [-0.2, -0.15) is 0 Å². The molecule has 4 nitrogen and oxygen atoms in total. The van der Waals surface area contributed by atoms with Crippen molar-refractivity contribution in [3.8, 4) is 0 Å². The van der Waals surface area contributed by atoms with E-state index >= 15 is 0 Å². The second-order valence-corrected chi connectivity index (χ2v) is 4.34. The molecule has 2 aromatic rings. The molecule has 0 saturated carbocycles. The van der Waals surface area contributed by atoms with Crippen LogP contribution in [0, 0.1) is 6.92 Å². The molecule has 0 atom stereocenters. The molecule has 0 spiro atoms. The Morgan fingerprint density at radius 3 is 2.94 bits per heavy atom. The van der Waals surface area contributed by atoms with E-state index in [-0.39, 0.29) is 5.91 Å². The Kier molecular flexibility index (Phi) is 3.94. The molecule has 1 N–H and O–H groups in total. The van der Waals surface area contributed by atoms with Crippen LogP contribution < -0.4 is 5.32 Å². The SMILES string of the molecule is Cc1nccc(CNC(=O)c2cccc(S)c2)n1. The molecule has 18 heavy (non-hydrogen) atoms. The molecule has 1 aromatic heterocycles. The van der Waals surface area contributed by atoms with Gasteiger partial charge in [-0.1, -0.05) is 6.07 Å². The predicted molar refractivity (Wildman–Crippen MR) is 71.6 cm³/mol. The normalized spacial score (nSPS) is 10.1. The van der Waals surface area contributed by atoms with Crippen molar-refractivity contribution in [2.24, 2.45) is 0 Å². The highest BCUT2D eigenvalue weighted by atomic mass is 32.1. The summed E-state index contributed by atoms with van der Waals surface area (Å²) in [4.78, 5) is 20.8. The van der Waals surface area contributed by atoms with E-state index in [4.69, 9.17) is 0 Å². The average Bonchev–Trinajstić information content (AvgIpc) is 2.36. The molecular weight excluding hydrogens is 246 g/mol. The second kappa shape index (κ2) is 5.64. The van der Waals surface area contributed by atoms with E-state index in [1.807, 2.05) is 13.0 Å². The minimum atomic E-state index is -0.137. The Balaban J connectivity index is 2.00. The van der Waals surface area contributed by atoms with Gasteiger partial charge < -0.3 is 5.32 Å². The highest BCUT2D eigenvalue weighted by molar-refractivity contribution is 7.80. The van der Waals surface area contributed by atoms with Gasteiger partial charge in [0.25, 0.3) is 5.91 Å². The van der Waals surface area contributed by atoms with Gasteiger partial charge >= 0.3 is 0 Å². The van der Waals surface area contributed by atoms with Crippen LogP contribution in [0.25, 0.3) is 0 Å². The quantitative estimate of drug-likeness (QED) is 0.829. The third kappa shape index (κ3) is 3.30. The van der Waals surface area contributed by atoms with Gasteiger partial charge in [-0.05, 0) is 31.2 Å². The van der Waals surface area contributed by atoms with E-state index in [0.29, 0.717) is 17.9 Å². The first kappa shape index (κ1) is 12.6. The monoisotopic (exact) mass is 259 g/mol. The van der Waals surface area contributed by atoms with Gasteiger partial charge in [-0.15, -0.1) is 12.6 Å². The summed E-state index contributed by atoms with van der Waals surface area (Å²) in [7, 11) is 0. The van der Waals surface area contributed by atoms with E-state index in [1.165, 1.54) is 0 Å². The highest BCUT2D eigenvalue weighted by Gasteiger charge is 2.05. The molecule has 1 amide bonds. The molecule has 0 aliphatic carbocycles. The van der Waals surface area contributed by atoms with Gasteiger partial charge in [0.15, 0.2) is 0 Å². The van der Waals surface area contributed by atoms with Crippen LogP contribution in [0.3, 0.4) is 0 Å². The van der Waals surface area contributed by atoms with E-state index in [9.17, 15) is 4.79 Å². The average molecular weight is 259 g/mol. The largest absolute Gasteiger partial charge is 0.346 e. The van der Waals surface area contributed by atoms with Crippen LogP contribution in [0.5, 0.6) is 0 Å². The maximum atomic E-state index is 11.9. The molecule has 0 aliphatic heterocycles. The first-order chi connectivity index (χ1) is 8.65. The lowest BCUT2D eigenvalue weighted by Gasteiger charge is -2.05. The molecule has 0 fully saturated rings. The molecule has 0 radical (unpaired) electrons. The van der Waals surface area contributed by atoms with Crippen molar-refractivity contribution < 1.29 is 4.79 Å². The summed E-state index contributed by atoms with van der Waals surface area (Å²) < 4.78 is 0. The first-order valence-electron chi connectivity index (χ1n) is 5.51. The van der Waals surface area contributed by atoms with Gasteiger partial charge in [0.05, 0.1) is 12.2 Å². The summed E-state index contributed by atoms with van der Waals surface area (Å²) >= 11 is 4.20. The standard InChI is InChI=1S/C13H13N3OS/c1-9-14-6-5-11(16-9)8-15-13(17)10-3-2-4-12(18)7-10/h2-7,18H,8H2,1H3,(H,15,17). The number of rotatable bonds is 3. The number of carbonyl (C=O) groups excluding carboxylic acids is 1. The number of aryl methyl sites for hydroxylation is 1. The minimum absolute atomic E-state index is 0.137. The molecule has 1 aromatic carbocycles. The van der Waals surface area contributed by atoms with E-state index in [1.54, 1.807) is 30.5 Å². The topological polar surface area (TPSA) is 54.9 Å². The summed E-state index contributed by atoms with van der Waals surface area (Å²) in [6, 6.07) is 8.88. The lowest BCUT2D eigenvalue weighted by atomic mass is 10.2. The Morgan fingerprint density at radius 1 is 1.39 bits per heavy atom. The van der Waals surface area contributed by atoms with E-state index in [2.05, 4.69) is 27.9 Å². The van der Waals surface area contributed by atoms with Crippen molar-refractivity contribution >= 4 is 18.5 Å². The van der Waals surface area contributed by atoms with Crippen molar-refractivity contribution in [2.75, 3.05) is 0 Å². The van der Waals surface area contributed by atoms with Crippen LogP contribution in [-0.2, 0) is 6.54 Å².